The monoisotopic (exact) mass is 394 g/mol. The second kappa shape index (κ2) is 7.32. The highest BCUT2D eigenvalue weighted by atomic mass is 16.2. The van der Waals surface area contributed by atoms with E-state index in [-0.39, 0.29) is 23.9 Å². The van der Waals surface area contributed by atoms with Crippen LogP contribution in [-0.2, 0) is 18.3 Å². The van der Waals surface area contributed by atoms with E-state index in [1.807, 2.05) is 50.9 Å². The number of benzene rings is 1. The standard InChI is InChI=1S/C23H30N4O2/c1-5-24-22(29)23(13-17-9-7-6-8-10-17)14-18-11-12-19(23)27(18)21(28)20-15(2)16(3)25-26(20)4/h6-10,18-19H,5,11-14H2,1-4H3,(H,24,29)/t18-,19+,23+/m0/s1. The number of aryl methyl sites for hydroxylation is 2. The first-order chi connectivity index (χ1) is 13.9. The van der Waals surface area contributed by atoms with E-state index in [0.29, 0.717) is 18.7 Å². The van der Waals surface area contributed by atoms with Crippen LogP contribution in [0.25, 0.3) is 0 Å². The van der Waals surface area contributed by atoms with Crippen molar-refractivity contribution in [3.8, 4) is 0 Å². The van der Waals surface area contributed by atoms with Gasteiger partial charge in [0.2, 0.25) is 5.91 Å². The molecule has 0 radical (unpaired) electrons. The van der Waals surface area contributed by atoms with Crippen LogP contribution in [-0.4, -0.2) is 45.1 Å². The largest absolute Gasteiger partial charge is 0.356 e. The van der Waals surface area contributed by atoms with Gasteiger partial charge in [-0.15, -0.1) is 0 Å². The lowest BCUT2D eigenvalue weighted by Gasteiger charge is -2.36. The van der Waals surface area contributed by atoms with Crippen molar-refractivity contribution in [2.24, 2.45) is 12.5 Å². The van der Waals surface area contributed by atoms with Gasteiger partial charge in [-0.3, -0.25) is 14.3 Å². The minimum atomic E-state index is -0.572. The lowest BCUT2D eigenvalue weighted by molar-refractivity contribution is -0.132. The van der Waals surface area contributed by atoms with Gasteiger partial charge in [0.1, 0.15) is 5.69 Å². The fourth-order valence-corrected chi connectivity index (χ4v) is 5.49. The molecule has 2 bridgehead atoms. The zero-order chi connectivity index (χ0) is 20.8. The number of nitrogens with zero attached hydrogens (tertiary/aromatic N) is 3. The molecule has 3 heterocycles. The molecular formula is C23H30N4O2. The third kappa shape index (κ3) is 3.05. The molecule has 2 fully saturated rings. The summed E-state index contributed by atoms with van der Waals surface area (Å²) in [6, 6.07) is 10.2. The number of carbonyl (C=O) groups is 2. The first kappa shape index (κ1) is 19.7. The average Bonchev–Trinajstić information content (AvgIpc) is 3.32. The van der Waals surface area contributed by atoms with E-state index in [4.69, 9.17) is 0 Å². The Bertz CT molecular complexity index is 936. The summed E-state index contributed by atoms with van der Waals surface area (Å²) >= 11 is 0. The SMILES string of the molecule is CCNC(=O)[C@]1(Cc2ccccc2)C[C@@H]2CC[C@H]1N2C(=O)c1c(C)c(C)nn1C. The molecule has 0 aliphatic carbocycles. The Morgan fingerprint density at radius 3 is 2.55 bits per heavy atom. The van der Waals surface area contributed by atoms with Crippen LogP contribution >= 0.6 is 0 Å². The molecule has 4 rings (SSSR count). The number of hydrogen-bond acceptors (Lipinski definition) is 3. The summed E-state index contributed by atoms with van der Waals surface area (Å²) in [7, 11) is 1.83. The van der Waals surface area contributed by atoms with Crippen LogP contribution in [0.2, 0.25) is 0 Å². The summed E-state index contributed by atoms with van der Waals surface area (Å²) in [4.78, 5) is 29.0. The lowest BCUT2D eigenvalue weighted by Crippen LogP contribution is -2.51. The van der Waals surface area contributed by atoms with Crippen molar-refractivity contribution in [2.75, 3.05) is 6.54 Å². The molecule has 2 aliphatic rings. The second-order valence-electron chi connectivity index (χ2n) is 8.52. The van der Waals surface area contributed by atoms with E-state index in [2.05, 4.69) is 22.5 Å². The zero-order valence-corrected chi connectivity index (χ0v) is 17.7. The number of carbonyl (C=O) groups excluding carboxylic acids is 2. The Labute approximate surface area is 172 Å². The van der Waals surface area contributed by atoms with Crippen molar-refractivity contribution < 1.29 is 9.59 Å². The van der Waals surface area contributed by atoms with Crippen LogP contribution in [0.4, 0.5) is 0 Å². The van der Waals surface area contributed by atoms with Crippen molar-refractivity contribution in [3.63, 3.8) is 0 Å². The van der Waals surface area contributed by atoms with Crippen molar-refractivity contribution in [2.45, 2.75) is 58.5 Å². The highest BCUT2D eigenvalue weighted by molar-refractivity contribution is 5.96. The van der Waals surface area contributed by atoms with Crippen LogP contribution in [0.3, 0.4) is 0 Å². The molecular weight excluding hydrogens is 364 g/mol. The van der Waals surface area contributed by atoms with Gasteiger partial charge in [0, 0.05) is 31.2 Å². The summed E-state index contributed by atoms with van der Waals surface area (Å²) < 4.78 is 1.69. The molecule has 2 saturated heterocycles. The summed E-state index contributed by atoms with van der Waals surface area (Å²) in [5.41, 5.74) is 3.02. The Hall–Kier alpha value is -2.63. The molecule has 0 saturated carbocycles. The normalized spacial score (nSPS) is 25.4. The third-order valence-electron chi connectivity index (χ3n) is 6.85. The average molecular weight is 395 g/mol. The maximum atomic E-state index is 13.6. The molecule has 0 spiro atoms. The quantitative estimate of drug-likeness (QED) is 0.848. The second-order valence-corrected chi connectivity index (χ2v) is 8.52. The molecule has 6 heteroatoms. The molecule has 3 atom stereocenters. The first-order valence-corrected chi connectivity index (χ1v) is 10.5. The zero-order valence-electron chi connectivity index (χ0n) is 17.7. The minimum absolute atomic E-state index is 0.0114. The number of rotatable bonds is 5. The highest BCUT2D eigenvalue weighted by Crippen LogP contribution is 2.52. The van der Waals surface area contributed by atoms with Crippen LogP contribution in [0.15, 0.2) is 30.3 Å². The molecule has 6 nitrogen and oxygen atoms in total. The Morgan fingerprint density at radius 2 is 1.93 bits per heavy atom. The van der Waals surface area contributed by atoms with Gasteiger partial charge in [-0.05, 0) is 52.0 Å². The van der Waals surface area contributed by atoms with Gasteiger partial charge in [0.05, 0.1) is 11.1 Å². The Kier molecular flexibility index (Phi) is 4.97. The first-order valence-electron chi connectivity index (χ1n) is 10.5. The number of nitrogens with one attached hydrogen (secondary N) is 1. The van der Waals surface area contributed by atoms with Gasteiger partial charge in [0.15, 0.2) is 0 Å². The molecule has 29 heavy (non-hydrogen) atoms. The van der Waals surface area contributed by atoms with Gasteiger partial charge in [-0.1, -0.05) is 30.3 Å². The molecule has 0 unspecified atom stereocenters. The number of hydrogen-bond donors (Lipinski definition) is 1. The maximum Gasteiger partial charge on any atom is 0.272 e. The maximum absolute atomic E-state index is 13.6. The number of amides is 2. The van der Waals surface area contributed by atoms with E-state index in [9.17, 15) is 9.59 Å². The minimum Gasteiger partial charge on any atom is -0.356 e. The van der Waals surface area contributed by atoms with Gasteiger partial charge in [0.25, 0.3) is 5.91 Å². The third-order valence-corrected chi connectivity index (χ3v) is 6.85. The van der Waals surface area contributed by atoms with E-state index >= 15 is 0 Å². The summed E-state index contributed by atoms with van der Waals surface area (Å²) in [6.07, 6.45) is 3.21. The molecule has 2 aromatic rings. The predicted molar refractivity (Wildman–Crippen MR) is 112 cm³/mol. The van der Waals surface area contributed by atoms with Gasteiger partial charge >= 0.3 is 0 Å². The molecule has 1 aromatic heterocycles. The van der Waals surface area contributed by atoms with Crippen LogP contribution in [0, 0.1) is 19.3 Å². The molecule has 2 amide bonds. The Balaban J connectivity index is 1.72. The summed E-state index contributed by atoms with van der Waals surface area (Å²) in [5, 5.41) is 7.50. The van der Waals surface area contributed by atoms with Crippen LogP contribution in [0.5, 0.6) is 0 Å². The van der Waals surface area contributed by atoms with Crippen molar-refractivity contribution >= 4 is 11.8 Å². The van der Waals surface area contributed by atoms with Crippen LogP contribution in [0.1, 0.15) is 53.5 Å². The predicted octanol–water partition coefficient (Wildman–Crippen LogP) is 2.78. The molecule has 1 N–H and O–H groups in total. The molecule has 154 valence electrons. The van der Waals surface area contributed by atoms with E-state index in [0.717, 1.165) is 36.1 Å². The van der Waals surface area contributed by atoms with Gasteiger partial charge in [-0.25, -0.2) is 0 Å². The van der Waals surface area contributed by atoms with Crippen LogP contribution < -0.4 is 5.32 Å². The Morgan fingerprint density at radius 1 is 1.21 bits per heavy atom. The smallest absolute Gasteiger partial charge is 0.272 e. The lowest BCUT2D eigenvalue weighted by atomic mass is 9.69. The van der Waals surface area contributed by atoms with E-state index in [1.54, 1.807) is 4.68 Å². The van der Waals surface area contributed by atoms with Crippen molar-refractivity contribution in [3.05, 3.63) is 52.8 Å². The number of fused-ring (bicyclic) bond motifs is 2. The summed E-state index contributed by atoms with van der Waals surface area (Å²) in [6.45, 7) is 6.43. The number of aromatic nitrogens is 2. The van der Waals surface area contributed by atoms with E-state index in [1.165, 1.54) is 0 Å². The topological polar surface area (TPSA) is 67.2 Å². The molecule has 1 aromatic carbocycles. The fourth-order valence-electron chi connectivity index (χ4n) is 5.49. The fraction of sp³-hybridized carbons (Fsp3) is 0.522. The van der Waals surface area contributed by atoms with Gasteiger partial charge in [-0.2, -0.15) is 5.10 Å². The van der Waals surface area contributed by atoms with E-state index < -0.39 is 5.41 Å². The summed E-state index contributed by atoms with van der Waals surface area (Å²) in [5.74, 6) is 0.0871. The van der Waals surface area contributed by atoms with Crippen molar-refractivity contribution in [1.82, 2.24) is 20.0 Å². The molecule has 2 aliphatic heterocycles. The van der Waals surface area contributed by atoms with Crippen molar-refractivity contribution in [1.29, 1.82) is 0 Å². The highest BCUT2D eigenvalue weighted by Gasteiger charge is 2.61. The van der Waals surface area contributed by atoms with Gasteiger partial charge < -0.3 is 10.2 Å².